The van der Waals surface area contributed by atoms with Gasteiger partial charge in [-0.15, -0.1) is 0 Å². The Labute approximate surface area is 181 Å². The van der Waals surface area contributed by atoms with Crippen molar-refractivity contribution in [1.82, 2.24) is 9.80 Å². The third kappa shape index (κ3) is 4.86. The van der Waals surface area contributed by atoms with Crippen molar-refractivity contribution in [3.8, 4) is 0 Å². The first-order valence-corrected chi connectivity index (χ1v) is 11.6. The number of hydrogen-bond acceptors (Lipinski definition) is 5. The van der Waals surface area contributed by atoms with Crippen LogP contribution in [0.4, 0.5) is 5.69 Å². The second-order valence-electron chi connectivity index (χ2n) is 8.34. The Kier molecular flexibility index (Phi) is 6.41. The molecule has 0 aliphatic carbocycles. The molecule has 8 heteroatoms. The Hall–Kier alpha value is -2.35. The Balaban J connectivity index is 1.28. The van der Waals surface area contributed by atoms with E-state index in [4.69, 9.17) is 0 Å². The van der Waals surface area contributed by atoms with Crippen LogP contribution in [0.2, 0.25) is 0 Å². The number of likely N-dealkylation sites (tertiary alicyclic amines) is 2. The maximum Gasteiger partial charge on any atom is 0.262 e. The normalized spacial score (nSPS) is 22.4. The van der Waals surface area contributed by atoms with Crippen molar-refractivity contribution in [1.29, 1.82) is 0 Å². The number of nitrogens with one attached hydrogen (secondary N) is 1. The molecule has 0 spiro atoms. The molecule has 3 aliphatic rings. The molecule has 1 aromatic rings. The van der Waals surface area contributed by atoms with Gasteiger partial charge >= 0.3 is 0 Å². The predicted molar refractivity (Wildman–Crippen MR) is 119 cm³/mol. The van der Waals surface area contributed by atoms with Crippen molar-refractivity contribution in [3.05, 3.63) is 29.8 Å². The lowest BCUT2D eigenvalue weighted by atomic mass is 9.98. The molecule has 1 N–H and O–H groups in total. The van der Waals surface area contributed by atoms with E-state index in [9.17, 15) is 14.4 Å². The standard InChI is InChI=1S/C22H28N4O3S/c1-15-8-12-25(13-9-15)21(29)16-4-6-17(7-5-16)23-19(27)14-18-20(28)24-22(30-18)26-10-2-3-11-26/h4-7,15,18H,2-3,8-14H2,1H3,(H,23,27)/t18-/m0/s1. The number of benzene rings is 1. The molecule has 1 atom stereocenters. The van der Waals surface area contributed by atoms with Gasteiger partial charge in [-0.3, -0.25) is 14.4 Å². The van der Waals surface area contributed by atoms with Gasteiger partial charge in [-0.2, -0.15) is 4.99 Å². The van der Waals surface area contributed by atoms with E-state index < -0.39 is 5.25 Å². The molecule has 7 nitrogen and oxygen atoms in total. The number of anilines is 1. The highest BCUT2D eigenvalue weighted by atomic mass is 32.2. The van der Waals surface area contributed by atoms with Gasteiger partial charge in [0.05, 0.1) is 0 Å². The minimum absolute atomic E-state index is 0.0410. The fourth-order valence-electron chi connectivity index (χ4n) is 4.02. The van der Waals surface area contributed by atoms with Crippen molar-refractivity contribution < 1.29 is 14.4 Å². The number of hydrogen-bond donors (Lipinski definition) is 1. The zero-order valence-corrected chi connectivity index (χ0v) is 18.1. The highest BCUT2D eigenvalue weighted by Gasteiger charge is 2.33. The molecule has 0 bridgehead atoms. The second kappa shape index (κ2) is 9.20. The third-order valence-corrected chi connectivity index (χ3v) is 7.18. The Morgan fingerprint density at radius 1 is 1.10 bits per heavy atom. The van der Waals surface area contributed by atoms with Crippen LogP contribution in [0.25, 0.3) is 0 Å². The smallest absolute Gasteiger partial charge is 0.262 e. The SMILES string of the molecule is CC1CCN(C(=O)c2ccc(NC(=O)C[C@@H]3SC(N4CCCC4)=NC3=O)cc2)CC1. The summed E-state index contributed by atoms with van der Waals surface area (Å²) in [5.74, 6) is 0.268. The molecule has 1 aromatic carbocycles. The van der Waals surface area contributed by atoms with Gasteiger partial charge in [0.15, 0.2) is 5.17 Å². The van der Waals surface area contributed by atoms with Crippen LogP contribution in [0.5, 0.6) is 0 Å². The maximum atomic E-state index is 12.6. The third-order valence-electron chi connectivity index (χ3n) is 5.96. The molecular formula is C22H28N4O3S. The number of rotatable bonds is 4. The molecule has 2 saturated heterocycles. The highest BCUT2D eigenvalue weighted by molar-refractivity contribution is 8.15. The van der Waals surface area contributed by atoms with E-state index in [2.05, 4.69) is 22.1 Å². The predicted octanol–water partition coefficient (Wildman–Crippen LogP) is 2.98. The van der Waals surface area contributed by atoms with Crippen molar-refractivity contribution in [2.45, 2.75) is 44.3 Å². The molecule has 3 aliphatic heterocycles. The van der Waals surface area contributed by atoms with Crippen LogP contribution in [-0.4, -0.2) is 64.1 Å². The first kappa shape index (κ1) is 20.9. The average Bonchev–Trinajstić information content (AvgIpc) is 3.39. The monoisotopic (exact) mass is 428 g/mol. The summed E-state index contributed by atoms with van der Waals surface area (Å²) in [5, 5.41) is 3.13. The van der Waals surface area contributed by atoms with Crippen molar-refractivity contribution in [3.63, 3.8) is 0 Å². The first-order chi connectivity index (χ1) is 14.5. The molecule has 0 saturated carbocycles. The fraction of sp³-hybridized carbons (Fsp3) is 0.545. The zero-order chi connectivity index (χ0) is 21.1. The van der Waals surface area contributed by atoms with Gasteiger partial charge in [0, 0.05) is 43.9 Å². The highest BCUT2D eigenvalue weighted by Crippen LogP contribution is 2.29. The molecule has 4 rings (SSSR count). The molecule has 3 heterocycles. The van der Waals surface area contributed by atoms with Gasteiger partial charge in [-0.05, 0) is 55.9 Å². The lowest BCUT2D eigenvalue weighted by molar-refractivity contribution is -0.121. The largest absolute Gasteiger partial charge is 0.351 e. The van der Waals surface area contributed by atoms with E-state index in [-0.39, 0.29) is 24.1 Å². The Morgan fingerprint density at radius 2 is 1.77 bits per heavy atom. The number of amidine groups is 1. The van der Waals surface area contributed by atoms with Crippen LogP contribution in [0.1, 0.15) is 49.4 Å². The summed E-state index contributed by atoms with van der Waals surface area (Å²) in [6.07, 6.45) is 4.42. The van der Waals surface area contributed by atoms with Crippen LogP contribution in [0, 0.1) is 5.92 Å². The summed E-state index contributed by atoms with van der Waals surface area (Å²) < 4.78 is 0. The van der Waals surface area contributed by atoms with Crippen LogP contribution in [-0.2, 0) is 9.59 Å². The lowest BCUT2D eigenvalue weighted by Crippen LogP contribution is -2.37. The summed E-state index contributed by atoms with van der Waals surface area (Å²) >= 11 is 1.39. The molecular weight excluding hydrogens is 400 g/mol. The molecule has 2 fully saturated rings. The van der Waals surface area contributed by atoms with Gasteiger partial charge in [-0.25, -0.2) is 0 Å². The Bertz CT molecular complexity index is 840. The van der Waals surface area contributed by atoms with Crippen LogP contribution in [0.15, 0.2) is 29.3 Å². The summed E-state index contributed by atoms with van der Waals surface area (Å²) in [4.78, 5) is 45.4. The zero-order valence-electron chi connectivity index (χ0n) is 17.3. The second-order valence-corrected chi connectivity index (χ2v) is 9.51. The van der Waals surface area contributed by atoms with E-state index in [1.165, 1.54) is 11.8 Å². The molecule has 160 valence electrons. The summed E-state index contributed by atoms with van der Waals surface area (Å²) in [6.45, 7) is 5.68. The summed E-state index contributed by atoms with van der Waals surface area (Å²) in [7, 11) is 0. The van der Waals surface area contributed by atoms with E-state index in [0.717, 1.165) is 57.0 Å². The number of aliphatic imine (C=N–C) groups is 1. The van der Waals surface area contributed by atoms with E-state index in [1.807, 2.05) is 4.90 Å². The van der Waals surface area contributed by atoms with Gasteiger partial charge < -0.3 is 15.1 Å². The number of piperidine rings is 1. The van der Waals surface area contributed by atoms with E-state index in [1.54, 1.807) is 24.3 Å². The fourth-order valence-corrected chi connectivity index (χ4v) is 5.14. The average molecular weight is 429 g/mol. The number of amides is 3. The summed E-state index contributed by atoms with van der Waals surface area (Å²) in [6, 6.07) is 6.99. The van der Waals surface area contributed by atoms with Gasteiger partial charge in [0.25, 0.3) is 11.8 Å². The minimum atomic E-state index is -0.456. The van der Waals surface area contributed by atoms with Crippen LogP contribution >= 0.6 is 11.8 Å². The van der Waals surface area contributed by atoms with Crippen molar-refractivity contribution in [2.24, 2.45) is 10.9 Å². The van der Waals surface area contributed by atoms with E-state index in [0.29, 0.717) is 17.2 Å². The number of nitrogens with zero attached hydrogens (tertiary/aromatic N) is 3. The van der Waals surface area contributed by atoms with Gasteiger partial charge in [0.1, 0.15) is 5.25 Å². The first-order valence-electron chi connectivity index (χ1n) is 10.7. The van der Waals surface area contributed by atoms with Crippen LogP contribution in [0.3, 0.4) is 0 Å². The number of thioether (sulfide) groups is 1. The van der Waals surface area contributed by atoms with Gasteiger partial charge in [0.2, 0.25) is 5.91 Å². The number of carbonyl (C=O) groups excluding carboxylic acids is 3. The van der Waals surface area contributed by atoms with E-state index >= 15 is 0 Å². The molecule has 3 amide bonds. The number of carbonyl (C=O) groups is 3. The van der Waals surface area contributed by atoms with Crippen molar-refractivity contribution >= 4 is 40.3 Å². The van der Waals surface area contributed by atoms with Crippen LogP contribution < -0.4 is 5.32 Å². The minimum Gasteiger partial charge on any atom is -0.351 e. The van der Waals surface area contributed by atoms with Crippen molar-refractivity contribution in [2.75, 3.05) is 31.5 Å². The quantitative estimate of drug-likeness (QED) is 0.797. The maximum absolute atomic E-state index is 12.6. The molecule has 0 unspecified atom stereocenters. The summed E-state index contributed by atoms with van der Waals surface area (Å²) in [5.41, 5.74) is 1.26. The molecule has 0 aromatic heterocycles. The molecule has 0 radical (unpaired) electrons. The Morgan fingerprint density at radius 3 is 2.43 bits per heavy atom. The van der Waals surface area contributed by atoms with Gasteiger partial charge in [-0.1, -0.05) is 18.7 Å². The topological polar surface area (TPSA) is 82.1 Å². The molecule has 30 heavy (non-hydrogen) atoms. The lowest BCUT2D eigenvalue weighted by Gasteiger charge is -2.30.